The van der Waals surface area contributed by atoms with Crippen LogP contribution < -0.4 is 16.0 Å². The number of guanidine groups is 1. The zero-order valence-corrected chi connectivity index (χ0v) is 14.5. The molecule has 1 aliphatic heterocycles. The second-order valence-electron chi connectivity index (χ2n) is 5.50. The number of sulfone groups is 1. The largest absolute Gasteiger partial charge is 0.357 e. The number of carbonyl (C=O) groups excluding carboxylic acids is 1. The molecule has 0 aromatic carbocycles. The van der Waals surface area contributed by atoms with Crippen molar-refractivity contribution in [1.82, 2.24) is 20.9 Å². The first kappa shape index (κ1) is 18.2. The first-order valence-corrected chi connectivity index (χ1v) is 9.76. The molecule has 0 radical (unpaired) electrons. The lowest BCUT2D eigenvalue weighted by atomic mass is 10.3. The van der Waals surface area contributed by atoms with E-state index in [1.54, 1.807) is 18.3 Å². The summed E-state index contributed by atoms with van der Waals surface area (Å²) in [6, 6.07) is 3.28. The Morgan fingerprint density at radius 2 is 2.25 bits per heavy atom. The molecule has 1 aliphatic rings. The second kappa shape index (κ2) is 8.62. The Labute approximate surface area is 142 Å². The van der Waals surface area contributed by atoms with Crippen molar-refractivity contribution in [2.75, 3.05) is 31.1 Å². The molecule has 1 aromatic rings. The maximum atomic E-state index is 11.9. The number of nitrogens with one attached hydrogen (secondary N) is 3. The zero-order valence-electron chi connectivity index (χ0n) is 13.7. The quantitative estimate of drug-likeness (QED) is 0.363. The SMILES string of the molecule is CCNC(=NCCNC(=O)c1cccnc1)NC1CCS(=O)(=O)C1. The third kappa shape index (κ3) is 5.80. The summed E-state index contributed by atoms with van der Waals surface area (Å²) in [5, 5.41) is 8.97. The fourth-order valence-corrected chi connectivity index (χ4v) is 4.03. The van der Waals surface area contributed by atoms with E-state index in [0.717, 1.165) is 0 Å². The number of carbonyl (C=O) groups is 1. The highest BCUT2D eigenvalue weighted by molar-refractivity contribution is 7.91. The van der Waals surface area contributed by atoms with Crippen LogP contribution in [0.1, 0.15) is 23.7 Å². The molecule has 0 bridgehead atoms. The standard InChI is InChI=1S/C15H23N5O3S/c1-2-17-15(20-13-5-9-24(22,23)11-13)19-8-7-18-14(21)12-4-3-6-16-10-12/h3-4,6,10,13H,2,5,7-9,11H2,1H3,(H,18,21)(H2,17,19,20). The molecular weight excluding hydrogens is 330 g/mol. The number of nitrogens with zero attached hydrogens (tertiary/aromatic N) is 2. The van der Waals surface area contributed by atoms with E-state index in [1.165, 1.54) is 6.20 Å². The predicted octanol–water partition coefficient (Wildman–Crippen LogP) is -0.446. The number of amides is 1. The van der Waals surface area contributed by atoms with Gasteiger partial charge >= 0.3 is 0 Å². The summed E-state index contributed by atoms with van der Waals surface area (Å²) < 4.78 is 23.0. The maximum Gasteiger partial charge on any atom is 0.252 e. The molecule has 1 aromatic heterocycles. The fourth-order valence-electron chi connectivity index (χ4n) is 2.36. The van der Waals surface area contributed by atoms with Gasteiger partial charge in [-0.05, 0) is 25.5 Å². The Bertz CT molecular complexity index is 676. The summed E-state index contributed by atoms with van der Waals surface area (Å²) in [7, 11) is -2.93. The van der Waals surface area contributed by atoms with E-state index in [9.17, 15) is 13.2 Å². The summed E-state index contributed by atoms with van der Waals surface area (Å²) in [4.78, 5) is 20.1. The zero-order chi connectivity index (χ0) is 17.4. The van der Waals surface area contributed by atoms with Crippen LogP contribution in [0.2, 0.25) is 0 Å². The number of rotatable bonds is 6. The lowest BCUT2D eigenvalue weighted by molar-refractivity contribution is 0.0954. The molecule has 24 heavy (non-hydrogen) atoms. The molecule has 1 fully saturated rings. The van der Waals surface area contributed by atoms with Crippen LogP contribution in [0, 0.1) is 0 Å². The highest BCUT2D eigenvalue weighted by atomic mass is 32.2. The van der Waals surface area contributed by atoms with Gasteiger partial charge in [0.1, 0.15) is 0 Å². The van der Waals surface area contributed by atoms with E-state index >= 15 is 0 Å². The van der Waals surface area contributed by atoms with Crippen molar-refractivity contribution in [1.29, 1.82) is 0 Å². The summed E-state index contributed by atoms with van der Waals surface area (Å²) in [5.41, 5.74) is 0.502. The second-order valence-corrected chi connectivity index (χ2v) is 7.73. The minimum absolute atomic E-state index is 0.113. The average Bonchev–Trinajstić information content (AvgIpc) is 2.91. The Balaban J connectivity index is 1.80. The summed E-state index contributed by atoms with van der Waals surface area (Å²) in [6.45, 7) is 3.38. The van der Waals surface area contributed by atoms with Gasteiger partial charge in [-0.2, -0.15) is 0 Å². The van der Waals surface area contributed by atoms with Gasteiger partial charge in [-0.25, -0.2) is 8.42 Å². The van der Waals surface area contributed by atoms with Crippen molar-refractivity contribution in [3.8, 4) is 0 Å². The van der Waals surface area contributed by atoms with E-state index in [1.807, 2.05) is 6.92 Å². The topological polar surface area (TPSA) is 113 Å². The summed E-state index contributed by atoms with van der Waals surface area (Å²) in [6.07, 6.45) is 3.70. The van der Waals surface area contributed by atoms with Crippen LogP contribution in [0.25, 0.3) is 0 Å². The molecule has 1 amide bonds. The molecular formula is C15H23N5O3S. The van der Waals surface area contributed by atoms with Gasteiger partial charge in [-0.1, -0.05) is 0 Å². The smallest absolute Gasteiger partial charge is 0.252 e. The first-order valence-electron chi connectivity index (χ1n) is 7.93. The van der Waals surface area contributed by atoms with Crippen LogP contribution in [0.3, 0.4) is 0 Å². The molecule has 1 unspecified atom stereocenters. The highest BCUT2D eigenvalue weighted by Gasteiger charge is 2.28. The van der Waals surface area contributed by atoms with Crippen LogP contribution in [0.15, 0.2) is 29.5 Å². The molecule has 0 aliphatic carbocycles. The van der Waals surface area contributed by atoms with Crippen molar-refractivity contribution in [3.05, 3.63) is 30.1 Å². The Hall–Kier alpha value is -2.16. The van der Waals surface area contributed by atoms with Crippen LogP contribution in [-0.2, 0) is 9.84 Å². The molecule has 0 saturated carbocycles. The molecule has 2 heterocycles. The minimum Gasteiger partial charge on any atom is -0.357 e. The van der Waals surface area contributed by atoms with Crippen molar-refractivity contribution < 1.29 is 13.2 Å². The van der Waals surface area contributed by atoms with E-state index < -0.39 is 9.84 Å². The van der Waals surface area contributed by atoms with Crippen molar-refractivity contribution in [2.24, 2.45) is 4.99 Å². The number of hydrogen-bond donors (Lipinski definition) is 3. The molecule has 9 heteroatoms. The third-order valence-corrected chi connectivity index (χ3v) is 5.28. The van der Waals surface area contributed by atoms with E-state index in [2.05, 4.69) is 25.9 Å². The Morgan fingerprint density at radius 1 is 1.42 bits per heavy atom. The predicted molar refractivity (Wildman–Crippen MR) is 92.7 cm³/mol. The third-order valence-electron chi connectivity index (χ3n) is 3.51. The van der Waals surface area contributed by atoms with Crippen molar-refractivity contribution in [3.63, 3.8) is 0 Å². The van der Waals surface area contributed by atoms with Crippen LogP contribution in [0.5, 0.6) is 0 Å². The summed E-state index contributed by atoms with van der Waals surface area (Å²) in [5.74, 6) is 0.716. The molecule has 0 spiro atoms. The molecule has 2 rings (SSSR count). The first-order chi connectivity index (χ1) is 11.5. The maximum absolute atomic E-state index is 11.9. The number of hydrogen-bond acceptors (Lipinski definition) is 5. The van der Waals surface area contributed by atoms with E-state index in [-0.39, 0.29) is 23.5 Å². The highest BCUT2D eigenvalue weighted by Crippen LogP contribution is 2.10. The van der Waals surface area contributed by atoms with Gasteiger partial charge in [-0.3, -0.25) is 14.8 Å². The molecule has 1 saturated heterocycles. The molecule has 3 N–H and O–H groups in total. The van der Waals surface area contributed by atoms with Gasteiger partial charge in [0.2, 0.25) is 0 Å². The number of aromatic nitrogens is 1. The van der Waals surface area contributed by atoms with E-state index in [4.69, 9.17) is 0 Å². The van der Waals surface area contributed by atoms with Gasteiger partial charge in [0, 0.05) is 31.5 Å². The van der Waals surface area contributed by atoms with Crippen LogP contribution in [0.4, 0.5) is 0 Å². The van der Waals surface area contributed by atoms with E-state index in [0.29, 0.717) is 37.6 Å². The van der Waals surface area contributed by atoms with Crippen LogP contribution in [-0.4, -0.2) is 62.5 Å². The summed E-state index contributed by atoms with van der Waals surface area (Å²) >= 11 is 0. The molecule has 132 valence electrons. The Morgan fingerprint density at radius 3 is 2.88 bits per heavy atom. The van der Waals surface area contributed by atoms with Gasteiger partial charge in [0.25, 0.3) is 5.91 Å². The molecule has 1 atom stereocenters. The van der Waals surface area contributed by atoms with Gasteiger partial charge in [0.15, 0.2) is 15.8 Å². The van der Waals surface area contributed by atoms with Gasteiger partial charge in [-0.15, -0.1) is 0 Å². The van der Waals surface area contributed by atoms with Gasteiger partial charge < -0.3 is 16.0 Å². The normalized spacial score (nSPS) is 19.7. The minimum atomic E-state index is -2.93. The van der Waals surface area contributed by atoms with Crippen LogP contribution >= 0.6 is 0 Å². The van der Waals surface area contributed by atoms with Crippen molar-refractivity contribution >= 4 is 21.7 Å². The number of aliphatic imine (C=N–C) groups is 1. The average molecular weight is 353 g/mol. The monoisotopic (exact) mass is 353 g/mol. The van der Waals surface area contributed by atoms with Gasteiger partial charge in [0.05, 0.1) is 23.6 Å². The lowest BCUT2D eigenvalue weighted by Crippen LogP contribution is -2.44. The lowest BCUT2D eigenvalue weighted by Gasteiger charge is -2.15. The molecule has 8 nitrogen and oxygen atoms in total. The Kier molecular flexibility index (Phi) is 6.53. The van der Waals surface area contributed by atoms with Crippen molar-refractivity contribution in [2.45, 2.75) is 19.4 Å². The number of pyridine rings is 1. The fraction of sp³-hybridized carbons (Fsp3) is 0.533.